The molecule has 3 aromatic heterocycles. The van der Waals surface area contributed by atoms with E-state index in [4.69, 9.17) is 16.0 Å². The molecule has 0 spiro atoms. The Morgan fingerprint density at radius 1 is 1.07 bits per heavy atom. The minimum Gasteiger partial charge on any atom is -0.423 e. The Balaban J connectivity index is 1.73. The maximum Gasteiger partial charge on any atom is 0.332 e. The van der Waals surface area contributed by atoms with Crippen molar-refractivity contribution in [1.82, 2.24) is 18.5 Å². The first-order chi connectivity index (χ1) is 14.4. The number of rotatable bonds is 3. The first-order valence-electron chi connectivity index (χ1n) is 9.36. The summed E-state index contributed by atoms with van der Waals surface area (Å²) >= 11 is 5.96. The van der Waals surface area contributed by atoms with Crippen LogP contribution in [-0.2, 0) is 13.6 Å². The molecule has 0 saturated carbocycles. The van der Waals surface area contributed by atoms with Gasteiger partial charge in [0.25, 0.3) is 5.56 Å². The Labute approximate surface area is 175 Å². The quantitative estimate of drug-likeness (QED) is 0.447. The Morgan fingerprint density at radius 3 is 2.53 bits per heavy atom. The van der Waals surface area contributed by atoms with Gasteiger partial charge < -0.3 is 4.42 Å². The zero-order valence-electron chi connectivity index (χ0n) is 16.3. The standard InChI is InChI=1S/C22H17ClN4O3/c1-13-5-3-4-6-15(13)11-27-20(28)18-19(25(2)22(27)29)24-21-26(18)12-17(30-21)14-7-9-16(23)10-8-14/h3-10,12H,11H2,1-2H3. The highest BCUT2D eigenvalue weighted by Gasteiger charge is 2.20. The van der Waals surface area contributed by atoms with Crippen molar-refractivity contribution in [2.75, 3.05) is 0 Å². The molecule has 0 bridgehead atoms. The van der Waals surface area contributed by atoms with Crippen LogP contribution < -0.4 is 11.2 Å². The molecule has 0 aliphatic heterocycles. The topological polar surface area (TPSA) is 74.4 Å². The minimum absolute atomic E-state index is 0.184. The molecule has 0 aliphatic carbocycles. The van der Waals surface area contributed by atoms with Crippen molar-refractivity contribution in [2.24, 2.45) is 7.05 Å². The first kappa shape index (κ1) is 18.4. The average molecular weight is 421 g/mol. The second-order valence-corrected chi connectivity index (χ2v) is 7.63. The number of aryl methyl sites for hydroxylation is 2. The summed E-state index contributed by atoms with van der Waals surface area (Å²) in [5.74, 6) is 0.797. The fourth-order valence-electron chi connectivity index (χ4n) is 3.60. The number of oxazole rings is 1. The monoisotopic (exact) mass is 420 g/mol. The fourth-order valence-corrected chi connectivity index (χ4v) is 3.72. The Morgan fingerprint density at radius 2 is 1.80 bits per heavy atom. The molecule has 150 valence electrons. The third-order valence-electron chi connectivity index (χ3n) is 5.31. The van der Waals surface area contributed by atoms with E-state index in [0.29, 0.717) is 16.3 Å². The maximum atomic E-state index is 13.3. The molecule has 5 rings (SSSR count). The van der Waals surface area contributed by atoms with Gasteiger partial charge in [-0.05, 0) is 42.3 Å². The van der Waals surface area contributed by atoms with Gasteiger partial charge >= 0.3 is 11.5 Å². The van der Waals surface area contributed by atoms with Crippen LogP contribution in [0.15, 0.2) is 68.7 Å². The number of halogens is 1. The molecule has 0 unspecified atom stereocenters. The van der Waals surface area contributed by atoms with E-state index in [0.717, 1.165) is 16.7 Å². The molecule has 0 N–H and O–H groups in total. The highest BCUT2D eigenvalue weighted by molar-refractivity contribution is 6.30. The smallest absolute Gasteiger partial charge is 0.332 e. The van der Waals surface area contributed by atoms with Crippen LogP contribution >= 0.6 is 11.6 Å². The van der Waals surface area contributed by atoms with Crippen LogP contribution in [-0.4, -0.2) is 18.5 Å². The minimum atomic E-state index is -0.422. The molecule has 0 atom stereocenters. The Hall–Kier alpha value is -3.58. The third kappa shape index (κ3) is 2.78. The van der Waals surface area contributed by atoms with Crippen LogP contribution in [0, 0.1) is 6.92 Å². The molecule has 30 heavy (non-hydrogen) atoms. The van der Waals surface area contributed by atoms with Crippen LogP contribution in [0.1, 0.15) is 11.1 Å². The first-order valence-corrected chi connectivity index (χ1v) is 9.73. The van der Waals surface area contributed by atoms with E-state index in [9.17, 15) is 9.59 Å². The highest BCUT2D eigenvalue weighted by Crippen LogP contribution is 2.25. The summed E-state index contributed by atoms with van der Waals surface area (Å²) in [5, 5.41) is 0.620. The van der Waals surface area contributed by atoms with Crippen LogP contribution in [0.4, 0.5) is 0 Å². The second kappa shape index (κ2) is 6.74. The lowest BCUT2D eigenvalue weighted by Gasteiger charge is -2.10. The van der Waals surface area contributed by atoms with E-state index in [1.807, 2.05) is 43.3 Å². The van der Waals surface area contributed by atoms with Gasteiger partial charge in [0.2, 0.25) is 0 Å². The second-order valence-electron chi connectivity index (χ2n) is 7.20. The molecule has 0 radical (unpaired) electrons. The van der Waals surface area contributed by atoms with Crippen LogP contribution in [0.3, 0.4) is 0 Å². The largest absolute Gasteiger partial charge is 0.423 e. The van der Waals surface area contributed by atoms with Crippen LogP contribution in [0.2, 0.25) is 5.02 Å². The molecule has 7 nitrogen and oxygen atoms in total. The molecular weight excluding hydrogens is 404 g/mol. The number of benzene rings is 2. The number of imidazole rings is 1. The van der Waals surface area contributed by atoms with Crippen LogP contribution in [0.5, 0.6) is 0 Å². The number of nitrogens with zero attached hydrogens (tertiary/aromatic N) is 4. The van der Waals surface area contributed by atoms with Crippen molar-refractivity contribution >= 4 is 28.6 Å². The average Bonchev–Trinajstić information content (AvgIpc) is 3.29. The summed E-state index contributed by atoms with van der Waals surface area (Å²) < 4.78 is 10.0. The van der Waals surface area contributed by atoms with Gasteiger partial charge in [0.15, 0.2) is 16.9 Å². The van der Waals surface area contributed by atoms with Crippen molar-refractivity contribution in [1.29, 1.82) is 0 Å². The van der Waals surface area contributed by atoms with E-state index in [2.05, 4.69) is 4.98 Å². The number of hydrogen-bond donors (Lipinski definition) is 0. The molecule has 3 heterocycles. The van der Waals surface area contributed by atoms with Crippen molar-refractivity contribution < 1.29 is 4.42 Å². The lowest BCUT2D eigenvalue weighted by atomic mass is 10.1. The predicted octanol–water partition coefficient (Wildman–Crippen LogP) is 3.62. The summed E-state index contributed by atoms with van der Waals surface area (Å²) in [6.45, 7) is 2.14. The Kier molecular flexibility index (Phi) is 4.15. The summed E-state index contributed by atoms with van der Waals surface area (Å²) in [4.78, 5) is 30.6. The van der Waals surface area contributed by atoms with Gasteiger partial charge in [0.1, 0.15) is 0 Å². The van der Waals surface area contributed by atoms with Gasteiger partial charge in [-0.2, -0.15) is 4.98 Å². The molecule has 8 heteroatoms. The molecule has 5 aromatic rings. The van der Waals surface area contributed by atoms with E-state index < -0.39 is 11.2 Å². The molecule has 2 aromatic carbocycles. The molecule has 0 aliphatic rings. The molecular formula is C22H17ClN4O3. The van der Waals surface area contributed by atoms with Crippen molar-refractivity contribution in [3.63, 3.8) is 0 Å². The highest BCUT2D eigenvalue weighted by atomic mass is 35.5. The zero-order valence-corrected chi connectivity index (χ0v) is 17.1. The van der Waals surface area contributed by atoms with Crippen molar-refractivity contribution in [3.8, 4) is 11.3 Å². The van der Waals surface area contributed by atoms with Gasteiger partial charge in [0, 0.05) is 17.6 Å². The van der Waals surface area contributed by atoms with E-state index in [-0.39, 0.29) is 18.0 Å². The third-order valence-corrected chi connectivity index (χ3v) is 5.56. The van der Waals surface area contributed by atoms with Gasteiger partial charge in [-0.3, -0.25) is 18.3 Å². The van der Waals surface area contributed by atoms with E-state index in [1.165, 1.54) is 9.13 Å². The van der Waals surface area contributed by atoms with Crippen molar-refractivity contribution in [2.45, 2.75) is 13.5 Å². The summed E-state index contributed by atoms with van der Waals surface area (Å²) in [6.07, 6.45) is 1.71. The van der Waals surface area contributed by atoms with Gasteiger partial charge in [-0.15, -0.1) is 0 Å². The van der Waals surface area contributed by atoms with E-state index >= 15 is 0 Å². The van der Waals surface area contributed by atoms with Gasteiger partial charge in [0.05, 0.1) is 12.7 Å². The van der Waals surface area contributed by atoms with Gasteiger partial charge in [-0.1, -0.05) is 35.9 Å². The maximum absolute atomic E-state index is 13.3. The summed E-state index contributed by atoms with van der Waals surface area (Å²) in [7, 11) is 1.60. The normalized spacial score (nSPS) is 11.6. The summed E-state index contributed by atoms with van der Waals surface area (Å²) in [5.41, 5.74) is 2.48. The fraction of sp³-hybridized carbons (Fsp3) is 0.136. The number of hydrogen-bond acceptors (Lipinski definition) is 4. The van der Waals surface area contributed by atoms with Crippen LogP contribution in [0.25, 0.3) is 28.3 Å². The van der Waals surface area contributed by atoms with Gasteiger partial charge in [-0.25, -0.2) is 4.79 Å². The predicted molar refractivity (Wildman–Crippen MR) is 115 cm³/mol. The molecule has 0 amide bonds. The van der Waals surface area contributed by atoms with Crippen molar-refractivity contribution in [3.05, 3.63) is 91.7 Å². The molecule has 0 saturated heterocycles. The summed E-state index contributed by atoms with van der Waals surface area (Å²) in [6, 6.07) is 14.9. The zero-order chi connectivity index (χ0) is 21.0. The SMILES string of the molecule is Cc1ccccc1Cn1c(=O)c2c(nc3oc(-c4ccc(Cl)cc4)cn32)n(C)c1=O. The lowest BCUT2D eigenvalue weighted by molar-refractivity contribution is 0.610. The molecule has 0 fully saturated rings. The number of aromatic nitrogens is 4. The lowest BCUT2D eigenvalue weighted by Crippen LogP contribution is -2.39. The van der Waals surface area contributed by atoms with E-state index in [1.54, 1.807) is 29.8 Å². The Bertz CT molecular complexity index is 1540. The number of fused-ring (bicyclic) bond motifs is 3.